The first-order valence-corrected chi connectivity index (χ1v) is 12.0. The summed E-state index contributed by atoms with van der Waals surface area (Å²) in [6.07, 6.45) is 0. The molecule has 7 aromatic rings. The standard InChI is InChI=1S/C34H20O/c1-2-9-23-19-30-24(18-22(23)8-1)20-31(26-12-4-3-11-25(26)30)29-17-16-21-10-7-14-28-27-13-5-6-15-32(27)35-34(29)33(21)28/h1-20H. The summed E-state index contributed by atoms with van der Waals surface area (Å²) in [5.74, 6) is 1.86. The molecule has 0 aromatic heterocycles. The van der Waals surface area contributed by atoms with Crippen molar-refractivity contribution in [1.82, 2.24) is 0 Å². The Kier molecular flexibility index (Phi) is 3.72. The molecule has 7 aromatic carbocycles. The Labute approximate surface area is 202 Å². The highest BCUT2D eigenvalue weighted by Crippen LogP contribution is 2.51. The van der Waals surface area contributed by atoms with E-state index in [-0.39, 0.29) is 0 Å². The van der Waals surface area contributed by atoms with E-state index in [0.29, 0.717) is 0 Å². The molecule has 0 fully saturated rings. The van der Waals surface area contributed by atoms with Crippen LogP contribution in [0.3, 0.4) is 0 Å². The summed E-state index contributed by atoms with van der Waals surface area (Å²) in [6.45, 7) is 0. The Morgan fingerprint density at radius 2 is 1.09 bits per heavy atom. The van der Waals surface area contributed by atoms with Crippen molar-refractivity contribution in [2.75, 3.05) is 0 Å². The Morgan fingerprint density at radius 1 is 0.371 bits per heavy atom. The molecular formula is C34H20O. The lowest BCUT2D eigenvalue weighted by atomic mass is 9.88. The Bertz CT molecular complexity index is 1980. The molecule has 0 aliphatic carbocycles. The van der Waals surface area contributed by atoms with Crippen LogP contribution in [-0.2, 0) is 0 Å². The first kappa shape index (κ1) is 18.8. The summed E-state index contributed by atoms with van der Waals surface area (Å²) in [7, 11) is 0. The number of ether oxygens (including phenoxy) is 1. The van der Waals surface area contributed by atoms with Crippen molar-refractivity contribution in [3.8, 4) is 33.8 Å². The maximum atomic E-state index is 6.67. The second-order valence-corrected chi connectivity index (χ2v) is 9.33. The second kappa shape index (κ2) is 6.94. The molecule has 0 amide bonds. The van der Waals surface area contributed by atoms with Crippen molar-refractivity contribution >= 4 is 43.1 Å². The lowest BCUT2D eigenvalue weighted by Crippen LogP contribution is -1.99. The van der Waals surface area contributed by atoms with Gasteiger partial charge in [-0.15, -0.1) is 0 Å². The molecular weight excluding hydrogens is 424 g/mol. The lowest BCUT2D eigenvalue weighted by Gasteiger charge is -2.24. The zero-order valence-electron chi connectivity index (χ0n) is 19.0. The molecule has 1 aliphatic rings. The van der Waals surface area contributed by atoms with Gasteiger partial charge in [-0.1, -0.05) is 91.0 Å². The first-order valence-electron chi connectivity index (χ1n) is 12.0. The third-order valence-electron chi connectivity index (χ3n) is 7.40. The fraction of sp³-hybridized carbons (Fsp3) is 0. The fourth-order valence-electron chi connectivity index (χ4n) is 5.80. The Balaban J connectivity index is 1.51. The maximum absolute atomic E-state index is 6.67. The number of benzene rings is 7. The normalized spacial score (nSPS) is 12.2. The van der Waals surface area contributed by atoms with Gasteiger partial charge in [0, 0.05) is 16.5 Å². The van der Waals surface area contributed by atoms with E-state index in [2.05, 4.69) is 115 Å². The number of fused-ring (bicyclic) bond motifs is 6. The Hall–Kier alpha value is -4.62. The van der Waals surface area contributed by atoms with E-state index in [0.717, 1.165) is 22.6 Å². The van der Waals surface area contributed by atoms with Gasteiger partial charge in [0.2, 0.25) is 0 Å². The maximum Gasteiger partial charge on any atom is 0.143 e. The highest BCUT2D eigenvalue weighted by atomic mass is 16.5. The van der Waals surface area contributed by atoms with Gasteiger partial charge in [0.15, 0.2) is 0 Å². The molecule has 1 heterocycles. The van der Waals surface area contributed by atoms with E-state index in [1.165, 1.54) is 54.2 Å². The SMILES string of the molecule is c1ccc2c(c1)Oc1c(-c3cc4cc5ccccc5cc4c4ccccc34)ccc3cccc-2c13. The van der Waals surface area contributed by atoms with Gasteiger partial charge in [-0.2, -0.15) is 0 Å². The lowest BCUT2D eigenvalue weighted by molar-refractivity contribution is 0.489. The first-order chi connectivity index (χ1) is 17.3. The van der Waals surface area contributed by atoms with Crippen LogP contribution in [0, 0.1) is 0 Å². The van der Waals surface area contributed by atoms with E-state index in [9.17, 15) is 0 Å². The quantitative estimate of drug-likeness (QED) is 0.181. The smallest absolute Gasteiger partial charge is 0.143 e. The van der Waals surface area contributed by atoms with Crippen molar-refractivity contribution in [2.24, 2.45) is 0 Å². The van der Waals surface area contributed by atoms with Crippen molar-refractivity contribution in [3.63, 3.8) is 0 Å². The van der Waals surface area contributed by atoms with Gasteiger partial charge >= 0.3 is 0 Å². The van der Waals surface area contributed by atoms with Crippen LogP contribution in [0.15, 0.2) is 121 Å². The number of hydrogen-bond donors (Lipinski definition) is 0. The molecule has 1 nitrogen and oxygen atoms in total. The minimum atomic E-state index is 0.913. The zero-order chi connectivity index (χ0) is 22.9. The van der Waals surface area contributed by atoms with Crippen LogP contribution in [0.2, 0.25) is 0 Å². The van der Waals surface area contributed by atoms with Crippen LogP contribution in [0.1, 0.15) is 0 Å². The highest BCUT2D eigenvalue weighted by molar-refractivity contribution is 6.18. The summed E-state index contributed by atoms with van der Waals surface area (Å²) in [6, 6.07) is 43.6. The van der Waals surface area contributed by atoms with Crippen LogP contribution >= 0.6 is 0 Å². The average molecular weight is 445 g/mol. The van der Waals surface area contributed by atoms with E-state index in [4.69, 9.17) is 4.74 Å². The third-order valence-corrected chi connectivity index (χ3v) is 7.40. The molecule has 0 saturated heterocycles. The summed E-state index contributed by atoms with van der Waals surface area (Å²) < 4.78 is 6.67. The van der Waals surface area contributed by atoms with Crippen molar-refractivity contribution in [1.29, 1.82) is 0 Å². The van der Waals surface area contributed by atoms with Crippen molar-refractivity contribution in [3.05, 3.63) is 121 Å². The molecule has 0 spiro atoms. The van der Waals surface area contributed by atoms with Crippen molar-refractivity contribution in [2.45, 2.75) is 0 Å². The molecule has 35 heavy (non-hydrogen) atoms. The van der Waals surface area contributed by atoms with E-state index in [1.54, 1.807) is 0 Å². The zero-order valence-corrected chi connectivity index (χ0v) is 19.0. The average Bonchev–Trinajstić information content (AvgIpc) is 2.92. The minimum absolute atomic E-state index is 0.913. The predicted octanol–water partition coefficient (Wildman–Crippen LogP) is 9.74. The summed E-state index contributed by atoms with van der Waals surface area (Å²) >= 11 is 0. The molecule has 0 atom stereocenters. The molecule has 0 N–H and O–H groups in total. The molecule has 0 unspecified atom stereocenters. The highest BCUT2D eigenvalue weighted by Gasteiger charge is 2.23. The Morgan fingerprint density at radius 3 is 2.00 bits per heavy atom. The predicted molar refractivity (Wildman–Crippen MR) is 147 cm³/mol. The third kappa shape index (κ3) is 2.64. The van der Waals surface area contributed by atoms with Crippen LogP contribution in [-0.4, -0.2) is 0 Å². The monoisotopic (exact) mass is 444 g/mol. The summed E-state index contributed by atoms with van der Waals surface area (Å²) in [5.41, 5.74) is 4.72. The minimum Gasteiger partial charge on any atom is -0.455 e. The number of para-hydroxylation sites is 1. The summed E-state index contributed by atoms with van der Waals surface area (Å²) in [4.78, 5) is 0. The van der Waals surface area contributed by atoms with Crippen LogP contribution in [0.25, 0.3) is 65.3 Å². The molecule has 1 aliphatic heterocycles. The molecule has 0 saturated carbocycles. The topological polar surface area (TPSA) is 9.23 Å². The molecule has 1 heteroatoms. The molecule has 162 valence electrons. The van der Waals surface area contributed by atoms with Crippen LogP contribution in [0.4, 0.5) is 0 Å². The van der Waals surface area contributed by atoms with E-state index in [1.807, 2.05) is 6.07 Å². The van der Waals surface area contributed by atoms with Crippen molar-refractivity contribution < 1.29 is 4.74 Å². The van der Waals surface area contributed by atoms with Crippen LogP contribution < -0.4 is 4.74 Å². The van der Waals surface area contributed by atoms with Gasteiger partial charge in [-0.05, 0) is 79.2 Å². The number of hydrogen-bond acceptors (Lipinski definition) is 1. The van der Waals surface area contributed by atoms with Gasteiger partial charge in [0.1, 0.15) is 11.5 Å². The van der Waals surface area contributed by atoms with E-state index >= 15 is 0 Å². The van der Waals surface area contributed by atoms with Gasteiger partial charge in [0.05, 0.1) is 0 Å². The van der Waals surface area contributed by atoms with Gasteiger partial charge < -0.3 is 4.74 Å². The largest absolute Gasteiger partial charge is 0.455 e. The second-order valence-electron chi connectivity index (χ2n) is 9.33. The molecule has 0 radical (unpaired) electrons. The van der Waals surface area contributed by atoms with Gasteiger partial charge in [-0.25, -0.2) is 0 Å². The van der Waals surface area contributed by atoms with Gasteiger partial charge in [0.25, 0.3) is 0 Å². The van der Waals surface area contributed by atoms with Crippen LogP contribution in [0.5, 0.6) is 11.5 Å². The molecule has 8 rings (SSSR count). The van der Waals surface area contributed by atoms with Gasteiger partial charge in [-0.3, -0.25) is 0 Å². The number of rotatable bonds is 1. The van der Waals surface area contributed by atoms with E-state index < -0.39 is 0 Å². The molecule has 0 bridgehead atoms. The summed E-state index contributed by atoms with van der Waals surface area (Å²) in [5, 5.41) is 9.95. The fourth-order valence-corrected chi connectivity index (χ4v) is 5.80.